The number of likely N-dealkylation sites (tertiary alicyclic amines) is 1. The summed E-state index contributed by atoms with van der Waals surface area (Å²) in [5.41, 5.74) is -1.46. The molecule has 0 unspecified atom stereocenters. The van der Waals surface area contributed by atoms with E-state index in [1.165, 1.54) is 16.8 Å². The Hall–Kier alpha value is -2.36. The fourth-order valence-corrected chi connectivity index (χ4v) is 2.54. The third-order valence-corrected chi connectivity index (χ3v) is 3.78. The molecule has 1 amide bonds. The molecular formula is C14H18N4O3. The number of aryl methyl sites for hydroxylation is 1. The van der Waals surface area contributed by atoms with Gasteiger partial charge in [-0.1, -0.05) is 0 Å². The Morgan fingerprint density at radius 1 is 1.52 bits per heavy atom. The molecule has 0 aromatic carbocycles. The van der Waals surface area contributed by atoms with E-state index in [1.54, 1.807) is 4.90 Å². The van der Waals surface area contributed by atoms with E-state index in [0.717, 1.165) is 12.8 Å². The first kappa shape index (κ1) is 15.0. The highest BCUT2D eigenvalue weighted by molar-refractivity contribution is 5.76. The first-order chi connectivity index (χ1) is 9.93. The lowest BCUT2D eigenvalue weighted by molar-refractivity contribution is -0.133. The van der Waals surface area contributed by atoms with Gasteiger partial charge in [0.1, 0.15) is 0 Å². The third-order valence-electron chi connectivity index (χ3n) is 3.78. The molecule has 1 aliphatic heterocycles. The topological polar surface area (TPSA) is 99.0 Å². The molecule has 1 fully saturated rings. The number of carbonyl (C=O) groups excluding carboxylic acids is 1. The summed E-state index contributed by atoms with van der Waals surface area (Å²) >= 11 is 0. The van der Waals surface area contributed by atoms with Crippen molar-refractivity contribution in [1.29, 1.82) is 5.26 Å². The van der Waals surface area contributed by atoms with Gasteiger partial charge in [-0.05, 0) is 19.8 Å². The van der Waals surface area contributed by atoms with Gasteiger partial charge in [-0.3, -0.25) is 14.6 Å². The van der Waals surface area contributed by atoms with Crippen LogP contribution in [-0.2, 0) is 11.3 Å². The zero-order chi connectivity index (χ0) is 15.5. The Morgan fingerprint density at radius 2 is 2.29 bits per heavy atom. The Morgan fingerprint density at radius 3 is 2.95 bits per heavy atom. The number of nitriles is 1. The van der Waals surface area contributed by atoms with Gasteiger partial charge in [-0.25, -0.2) is 4.79 Å². The fraction of sp³-hybridized carbons (Fsp3) is 0.571. The maximum Gasteiger partial charge on any atom is 0.328 e. The van der Waals surface area contributed by atoms with Gasteiger partial charge in [0.05, 0.1) is 11.5 Å². The maximum absolute atomic E-state index is 12.2. The number of rotatable bonds is 3. The third kappa shape index (κ3) is 3.60. The van der Waals surface area contributed by atoms with E-state index in [2.05, 4.69) is 11.1 Å². The smallest absolute Gasteiger partial charge is 0.328 e. The molecule has 0 radical (unpaired) electrons. The highest BCUT2D eigenvalue weighted by Gasteiger charge is 2.32. The number of nitrogens with one attached hydrogen (secondary N) is 1. The van der Waals surface area contributed by atoms with Crippen LogP contribution < -0.4 is 11.2 Å². The van der Waals surface area contributed by atoms with Crippen molar-refractivity contribution in [2.24, 2.45) is 5.41 Å². The molecule has 1 aromatic rings. The summed E-state index contributed by atoms with van der Waals surface area (Å²) in [6.07, 6.45) is 3.17. The van der Waals surface area contributed by atoms with Gasteiger partial charge in [0.2, 0.25) is 5.91 Å². The van der Waals surface area contributed by atoms with Crippen LogP contribution in [-0.4, -0.2) is 33.4 Å². The SMILES string of the molecule is C[C@@]1(C#N)CCCN(C(=O)CCn2ccc(=O)[nH]c2=O)C1. The number of hydrogen-bond acceptors (Lipinski definition) is 4. The van der Waals surface area contributed by atoms with E-state index in [9.17, 15) is 14.4 Å². The van der Waals surface area contributed by atoms with Crippen LogP contribution in [0.3, 0.4) is 0 Å². The van der Waals surface area contributed by atoms with Gasteiger partial charge >= 0.3 is 5.69 Å². The van der Waals surface area contributed by atoms with Crippen LogP contribution in [0.5, 0.6) is 0 Å². The van der Waals surface area contributed by atoms with Crippen LogP contribution >= 0.6 is 0 Å². The second-order valence-corrected chi connectivity index (χ2v) is 5.64. The van der Waals surface area contributed by atoms with Crippen LogP contribution in [0.25, 0.3) is 0 Å². The standard InChI is InChI=1S/C14H18N4O3/c1-14(9-15)5-2-6-18(10-14)12(20)4-8-17-7-3-11(19)16-13(17)21/h3,7H,2,4-6,8,10H2,1H3,(H,16,19,21)/t14-/m0/s1. The molecule has 0 spiro atoms. The number of aromatic nitrogens is 2. The molecule has 1 atom stereocenters. The quantitative estimate of drug-likeness (QED) is 0.852. The van der Waals surface area contributed by atoms with E-state index in [-0.39, 0.29) is 18.9 Å². The second kappa shape index (κ2) is 5.95. The number of H-pyrrole nitrogens is 1. The predicted molar refractivity (Wildman–Crippen MR) is 75.5 cm³/mol. The van der Waals surface area contributed by atoms with E-state index >= 15 is 0 Å². The van der Waals surface area contributed by atoms with E-state index in [1.807, 2.05) is 6.92 Å². The fourth-order valence-electron chi connectivity index (χ4n) is 2.54. The Kier molecular flexibility index (Phi) is 4.26. The lowest BCUT2D eigenvalue weighted by atomic mass is 9.83. The molecule has 1 aliphatic rings. The second-order valence-electron chi connectivity index (χ2n) is 5.64. The minimum absolute atomic E-state index is 0.0747. The molecule has 1 aromatic heterocycles. The highest BCUT2D eigenvalue weighted by atomic mass is 16.2. The normalized spacial score (nSPS) is 21.8. The minimum atomic E-state index is -0.518. The summed E-state index contributed by atoms with van der Waals surface area (Å²) in [5, 5.41) is 9.15. The molecule has 1 N–H and O–H groups in total. The van der Waals surface area contributed by atoms with Gasteiger partial charge < -0.3 is 9.47 Å². The first-order valence-corrected chi connectivity index (χ1v) is 6.92. The maximum atomic E-state index is 12.2. The van der Waals surface area contributed by atoms with Crippen LogP contribution in [0.1, 0.15) is 26.2 Å². The summed E-state index contributed by atoms with van der Waals surface area (Å²) < 4.78 is 1.30. The van der Waals surface area contributed by atoms with Gasteiger partial charge in [0.15, 0.2) is 0 Å². The number of hydrogen-bond donors (Lipinski definition) is 1. The van der Waals surface area contributed by atoms with Crippen molar-refractivity contribution in [3.05, 3.63) is 33.1 Å². The Bertz CT molecular complexity index is 684. The molecule has 0 aliphatic carbocycles. The summed E-state index contributed by atoms with van der Waals surface area (Å²) in [5.74, 6) is -0.0747. The lowest BCUT2D eigenvalue weighted by Gasteiger charge is -2.36. The molecule has 1 saturated heterocycles. The van der Waals surface area contributed by atoms with Gasteiger partial charge in [0.25, 0.3) is 5.56 Å². The molecule has 7 nitrogen and oxygen atoms in total. The number of aromatic amines is 1. The van der Waals surface area contributed by atoms with Crippen LogP contribution in [0.4, 0.5) is 0 Å². The first-order valence-electron chi connectivity index (χ1n) is 6.92. The van der Waals surface area contributed by atoms with Crippen molar-refractivity contribution in [2.45, 2.75) is 32.7 Å². The zero-order valence-electron chi connectivity index (χ0n) is 12.0. The highest BCUT2D eigenvalue weighted by Crippen LogP contribution is 2.28. The van der Waals surface area contributed by atoms with Crippen molar-refractivity contribution < 1.29 is 4.79 Å². The summed E-state index contributed by atoms with van der Waals surface area (Å²) in [4.78, 5) is 38.5. The molecule has 2 rings (SSSR count). The molecule has 21 heavy (non-hydrogen) atoms. The van der Waals surface area contributed by atoms with Crippen molar-refractivity contribution in [3.8, 4) is 6.07 Å². The Labute approximate surface area is 121 Å². The molecule has 0 saturated carbocycles. The number of carbonyl (C=O) groups is 1. The number of piperidine rings is 1. The molecule has 2 heterocycles. The minimum Gasteiger partial charge on any atom is -0.341 e. The van der Waals surface area contributed by atoms with E-state index in [4.69, 9.17) is 5.26 Å². The molecule has 7 heteroatoms. The van der Waals surface area contributed by atoms with Crippen LogP contribution in [0.15, 0.2) is 21.9 Å². The van der Waals surface area contributed by atoms with E-state index in [0.29, 0.717) is 13.1 Å². The van der Waals surface area contributed by atoms with Crippen molar-refractivity contribution in [2.75, 3.05) is 13.1 Å². The van der Waals surface area contributed by atoms with Crippen LogP contribution in [0.2, 0.25) is 0 Å². The van der Waals surface area contributed by atoms with Gasteiger partial charge in [-0.15, -0.1) is 0 Å². The Balaban J connectivity index is 1.97. The average Bonchev–Trinajstić information content (AvgIpc) is 2.46. The zero-order valence-corrected chi connectivity index (χ0v) is 12.0. The van der Waals surface area contributed by atoms with Crippen molar-refractivity contribution in [1.82, 2.24) is 14.5 Å². The summed E-state index contributed by atoms with van der Waals surface area (Å²) in [6, 6.07) is 3.51. The van der Waals surface area contributed by atoms with Crippen molar-refractivity contribution >= 4 is 5.91 Å². The van der Waals surface area contributed by atoms with Crippen molar-refractivity contribution in [3.63, 3.8) is 0 Å². The lowest BCUT2D eigenvalue weighted by Crippen LogP contribution is -2.44. The average molecular weight is 290 g/mol. The van der Waals surface area contributed by atoms with Gasteiger partial charge in [0, 0.05) is 38.3 Å². The molecule has 112 valence electrons. The monoisotopic (exact) mass is 290 g/mol. The predicted octanol–water partition coefficient (Wildman–Crippen LogP) is 0.0790. The summed E-state index contributed by atoms with van der Waals surface area (Å²) in [7, 11) is 0. The van der Waals surface area contributed by atoms with Gasteiger partial charge in [-0.2, -0.15) is 5.26 Å². The summed E-state index contributed by atoms with van der Waals surface area (Å²) in [6.45, 7) is 3.16. The number of amides is 1. The van der Waals surface area contributed by atoms with E-state index < -0.39 is 16.7 Å². The largest absolute Gasteiger partial charge is 0.341 e. The number of nitrogens with zero attached hydrogens (tertiary/aromatic N) is 3. The van der Waals surface area contributed by atoms with Crippen LogP contribution in [0, 0.1) is 16.7 Å². The molecular weight excluding hydrogens is 272 g/mol. The molecule has 0 bridgehead atoms.